The summed E-state index contributed by atoms with van der Waals surface area (Å²) in [7, 11) is -3.33. The zero-order valence-corrected chi connectivity index (χ0v) is 15.7. The number of benzene rings is 1. The first-order valence-corrected chi connectivity index (χ1v) is 10.4. The maximum Gasteiger partial charge on any atom is 0.314 e. The number of nitrogens with one attached hydrogen (secondary N) is 2. The molecule has 2 aromatic rings. The molecule has 0 spiro atoms. The molecule has 10 nitrogen and oxygen atoms in total. The Labute approximate surface area is 161 Å². The van der Waals surface area contributed by atoms with Gasteiger partial charge in [0.25, 0.3) is 0 Å². The number of carbonyl (C=O) groups is 2. The number of hydrogen-bond acceptors (Lipinski definition) is 7. The van der Waals surface area contributed by atoms with Crippen molar-refractivity contribution in [2.75, 3.05) is 31.7 Å². The number of aliphatic hydroxyl groups excluding tert-OH is 1. The zero-order chi connectivity index (χ0) is 20.1. The monoisotopic (exact) mass is 408 g/mol. The van der Waals surface area contributed by atoms with Crippen molar-refractivity contribution in [3.8, 4) is 5.69 Å². The van der Waals surface area contributed by atoms with Crippen molar-refractivity contribution in [3.63, 3.8) is 0 Å². The maximum absolute atomic E-state index is 12.3. The van der Waals surface area contributed by atoms with E-state index in [1.807, 2.05) is 6.07 Å². The summed E-state index contributed by atoms with van der Waals surface area (Å²) in [4.78, 5) is 24.3. The average Bonchev–Trinajstić information content (AvgIpc) is 3.14. The zero-order valence-electron chi connectivity index (χ0n) is 14.9. The van der Waals surface area contributed by atoms with Crippen LogP contribution in [0.2, 0.25) is 0 Å². The normalized spacial score (nSPS) is 14.5. The summed E-state index contributed by atoms with van der Waals surface area (Å²) in [6.45, 7) is 0.247. The maximum atomic E-state index is 12.3. The molecule has 1 aliphatic rings. The van der Waals surface area contributed by atoms with Gasteiger partial charge in [-0.1, -0.05) is 18.2 Å². The highest BCUT2D eigenvalue weighted by Crippen LogP contribution is 2.32. The number of sulfone groups is 1. The summed E-state index contributed by atoms with van der Waals surface area (Å²) in [6, 6.07) is 8.89. The van der Waals surface area contributed by atoms with E-state index in [-0.39, 0.29) is 43.7 Å². The minimum Gasteiger partial charge on any atom is -0.394 e. The van der Waals surface area contributed by atoms with Crippen LogP contribution in [0.25, 0.3) is 5.69 Å². The van der Waals surface area contributed by atoms with E-state index >= 15 is 0 Å². The number of fused-ring (bicyclic) bond motifs is 1. The topological polar surface area (TPSA) is 140 Å². The number of aromatic nitrogens is 2. The van der Waals surface area contributed by atoms with Gasteiger partial charge in [-0.05, 0) is 12.1 Å². The molecule has 11 heteroatoms. The van der Waals surface area contributed by atoms with Crippen molar-refractivity contribution in [3.05, 3.63) is 41.6 Å². The van der Waals surface area contributed by atoms with Crippen molar-refractivity contribution in [1.29, 1.82) is 0 Å². The fraction of sp³-hybridized carbons (Fsp3) is 0.353. The molecular formula is C17H20N4O6S. The second kappa shape index (κ2) is 8.50. The fourth-order valence-corrected chi connectivity index (χ4v) is 4.27. The van der Waals surface area contributed by atoms with Crippen molar-refractivity contribution in [2.45, 2.75) is 11.5 Å². The molecule has 0 atom stereocenters. The van der Waals surface area contributed by atoms with Gasteiger partial charge in [0.05, 0.1) is 42.7 Å². The second-order valence-corrected chi connectivity index (χ2v) is 8.16. The smallest absolute Gasteiger partial charge is 0.314 e. The Balaban J connectivity index is 1.77. The summed E-state index contributed by atoms with van der Waals surface area (Å²) < 4.78 is 30.3. The van der Waals surface area contributed by atoms with Gasteiger partial charge < -0.3 is 20.5 Å². The largest absolute Gasteiger partial charge is 0.394 e. The summed E-state index contributed by atoms with van der Waals surface area (Å²) >= 11 is 0. The first-order valence-electron chi connectivity index (χ1n) is 8.55. The lowest BCUT2D eigenvalue weighted by Gasteiger charge is -2.11. The van der Waals surface area contributed by atoms with Crippen molar-refractivity contribution < 1.29 is 27.9 Å². The van der Waals surface area contributed by atoms with E-state index in [1.54, 1.807) is 24.3 Å². The molecule has 0 aliphatic carbocycles. The molecule has 0 bridgehead atoms. The Morgan fingerprint density at radius 2 is 1.89 bits per heavy atom. The van der Waals surface area contributed by atoms with Crippen molar-refractivity contribution in [1.82, 2.24) is 15.1 Å². The minimum absolute atomic E-state index is 0.0939. The lowest BCUT2D eigenvalue weighted by molar-refractivity contribution is -0.136. The SMILES string of the molecule is O=C(NCCOCCO)C(=O)Nc1c2c(nn1-c1ccccc1)CS(=O)(=O)C2. The summed E-state index contributed by atoms with van der Waals surface area (Å²) in [5.41, 5.74) is 1.37. The molecule has 28 heavy (non-hydrogen) atoms. The van der Waals surface area contributed by atoms with Crippen LogP contribution < -0.4 is 10.6 Å². The van der Waals surface area contributed by atoms with Gasteiger partial charge in [0.2, 0.25) is 0 Å². The molecule has 1 aromatic carbocycles. The van der Waals surface area contributed by atoms with Gasteiger partial charge in [-0.25, -0.2) is 13.1 Å². The average molecular weight is 408 g/mol. The number of rotatable bonds is 7. The third-order valence-corrected chi connectivity index (χ3v) is 5.44. The first-order chi connectivity index (χ1) is 13.4. The van der Waals surface area contributed by atoms with E-state index in [1.165, 1.54) is 4.68 Å². The van der Waals surface area contributed by atoms with E-state index in [0.717, 1.165) is 0 Å². The quantitative estimate of drug-likeness (QED) is 0.409. The van der Waals surface area contributed by atoms with Crippen LogP contribution >= 0.6 is 0 Å². The Morgan fingerprint density at radius 3 is 2.61 bits per heavy atom. The fourth-order valence-electron chi connectivity index (χ4n) is 2.77. The van der Waals surface area contributed by atoms with Gasteiger partial charge >= 0.3 is 11.8 Å². The number of amides is 2. The van der Waals surface area contributed by atoms with Crippen molar-refractivity contribution in [2.24, 2.45) is 0 Å². The number of nitrogens with zero attached hydrogens (tertiary/aromatic N) is 2. The van der Waals surface area contributed by atoms with Gasteiger partial charge in [-0.2, -0.15) is 5.10 Å². The van der Waals surface area contributed by atoms with E-state index in [4.69, 9.17) is 9.84 Å². The predicted molar refractivity (Wildman–Crippen MR) is 99.4 cm³/mol. The van der Waals surface area contributed by atoms with Gasteiger partial charge in [0.1, 0.15) is 5.82 Å². The number of anilines is 1. The van der Waals surface area contributed by atoms with Crippen LogP contribution in [0.5, 0.6) is 0 Å². The molecule has 0 radical (unpaired) electrons. The lowest BCUT2D eigenvalue weighted by Crippen LogP contribution is -2.37. The Kier molecular flexibility index (Phi) is 6.07. The summed E-state index contributed by atoms with van der Waals surface area (Å²) in [5, 5.41) is 17.8. The lowest BCUT2D eigenvalue weighted by atomic mass is 10.2. The van der Waals surface area contributed by atoms with Gasteiger partial charge in [0.15, 0.2) is 9.84 Å². The van der Waals surface area contributed by atoms with E-state index in [9.17, 15) is 18.0 Å². The van der Waals surface area contributed by atoms with Crippen LogP contribution in [0.15, 0.2) is 30.3 Å². The van der Waals surface area contributed by atoms with Crippen LogP contribution in [-0.2, 0) is 35.7 Å². The molecule has 2 amide bonds. The standard InChI is InChI=1S/C17H20N4O6S/c22-7-9-27-8-6-18-16(23)17(24)19-15-13-10-28(25,26)11-14(13)20-21(15)12-4-2-1-3-5-12/h1-5,22H,6-11H2,(H,18,23)(H,19,24). The molecule has 0 saturated heterocycles. The number of aliphatic hydroxyl groups is 1. The van der Waals surface area contributed by atoms with Gasteiger partial charge in [-0.15, -0.1) is 0 Å². The molecule has 0 saturated carbocycles. The summed E-state index contributed by atoms with van der Waals surface area (Å²) in [5.74, 6) is -2.12. The number of para-hydroxylation sites is 1. The van der Waals surface area contributed by atoms with E-state index < -0.39 is 21.7 Å². The molecule has 150 valence electrons. The van der Waals surface area contributed by atoms with Crippen LogP contribution in [-0.4, -0.2) is 61.5 Å². The molecule has 0 unspecified atom stereocenters. The van der Waals surface area contributed by atoms with Gasteiger partial charge in [0, 0.05) is 12.1 Å². The molecule has 3 rings (SSSR count). The molecule has 3 N–H and O–H groups in total. The molecule has 2 heterocycles. The highest BCUT2D eigenvalue weighted by atomic mass is 32.2. The van der Waals surface area contributed by atoms with Crippen LogP contribution in [0.3, 0.4) is 0 Å². The molecule has 1 aliphatic heterocycles. The highest BCUT2D eigenvalue weighted by Gasteiger charge is 2.33. The molecule has 0 fully saturated rings. The summed E-state index contributed by atoms with van der Waals surface area (Å²) in [6.07, 6.45) is 0. The Morgan fingerprint density at radius 1 is 1.14 bits per heavy atom. The van der Waals surface area contributed by atoms with Crippen molar-refractivity contribution >= 4 is 27.5 Å². The first kappa shape index (κ1) is 20.0. The Bertz CT molecular complexity index is 971. The third kappa shape index (κ3) is 4.55. The predicted octanol–water partition coefficient (Wildman–Crippen LogP) is -0.636. The number of hydrogen-bond donors (Lipinski definition) is 3. The molecule has 1 aromatic heterocycles. The third-order valence-electron chi connectivity index (χ3n) is 3.99. The second-order valence-electron chi connectivity index (χ2n) is 6.10. The highest BCUT2D eigenvalue weighted by molar-refractivity contribution is 7.90. The molecular weight excluding hydrogens is 388 g/mol. The van der Waals surface area contributed by atoms with Crippen LogP contribution in [0, 0.1) is 0 Å². The minimum atomic E-state index is -3.33. The van der Waals surface area contributed by atoms with E-state index in [0.29, 0.717) is 16.9 Å². The van der Waals surface area contributed by atoms with Gasteiger partial charge in [-0.3, -0.25) is 9.59 Å². The van der Waals surface area contributed by atoms with E-state index in [2.05, 4.69) is 15.7 Å². The Hall–Kier alpha value is -2.76. The number of ether oxygens (including phenoxy) is 1. The number of carbonyl (C=O) groups excluding carboxylic acids is 2. The van der Waals surface area contributed by atoms with Crippen LogP contribution in [0.4, 0.5) is 5.82 Å². The van der Waals surface area contributed by atoms with Crippen LogP contribution in [0.1, 0.15) is 11.3 Å².